The fraction of sp³-hybridized carbons (Fsp3) is 0.692. The lowest BCUT2D eigenvalue weighted by molar-refractivity contribution is 0.0228. The fourth-order valence-corrected chi connectivity index (χ4v) is 2.27. The maximum atomic E-state index is 12.0. The van der Waals surface area contributed by atoms with Gasteiger partial charge in [-0.25, -0.2) is 4.98 Å². The minimum Gasteiger partial charge on any atom is -0.370 e. The molecule has 100 valence electrons. The average molecular weight is 251 g/mol. The fourth-order valence-electron chi connectivity index (χ4n) is 2.27. The first-order valence-electron chi connectivity index (χ1n) is 6.57. The van der Waals surface area contributed by atoms with Gasteiger partial charge < -0.3 is 15.0 Å². The van der Waals surface area contributed by atoms with Gasteiger partial charge >= 0.3 is 0 Å². The molecule has 0 aliphatic carbocycles. The Morgan fingerprint density at radius 2 is 2.22 bits per heavy atom. The van der Waals surface area contributed by atoms with E-state index in [0.29, 0.717) is 19.0 Å². The minimum absolute atomic E-state index is 0.0347. The molecule has 0 spiro atoms. The monoisotopic (exact) mass is 251 g/mol. The Hall–Kier alpha value is -1.20. The number of fused-ring (bicyclic) bond motifs is 1. The molecule has 1 aliphatic heterocycles. The summed E-state index contributed by atoms with van der Waals surface area (Å²) in [7, 11) is 0. The second kappa shape index (κ2) is 5.63. The Bertz CT molecular complexity index is 468. The van der Waals surface area contributed by atoms with Crippen LogP contribution in [0, 0.1) is 5.92 Å². The molecule has 0 saturated carbocycles. The number of hydrogen-bond acceptors (Lipinski definition) is 4. The van der Waals surface area contributed by atoms with Gasteiger partial charge in [-0.1, -0.05) is 13.8 Å². The minimum atomic E-state index is -0.136. The topological polar surface area (TPSA) is 67.0 Å². The highest BCUT2D eigenvalue weighted by Gasteiger charge is 2.22. The third-order valence-electron chi connectivity index (χ3n) is 3.18. The number of rotatable bonds is 4. The Balaban J connectivity index is 2.39. The van der Waals surface area contributed by atoms with E-state index in [4.69, 9.17) is 4.74 Å². The van der Waals surface area contributed by atoms with Gasteiger partial charge in [-0.2, -0.15) is 0 Å². The first-order valence-corrected chi connectivity index (χ1v) is 6.57. The highest BCUT2D eigenvalue weighted by Crippen LogP contribution is 2.22. The molecule has 0 amide bonds. The summed E-state index contributed by atoms with van der Waals surface area (Å²) in [4.78, 5) is 19.5. The zero-order valence-electron chi connectivity index (χ0n) is 11.2. The van der Waals surface area contributed by atoms with E-state index in [1.165, 1.54) is 0 Å². The predicted octanol–water partition coefficient (Wildman–Crippen LogP) is 1.15. The van der Waals surface area contributed by atoms with Crippen molar-refractivity contribution in [3.8, 4) is 0 Å². The van der Waals surface area contributed by atoms with Crippen LogP contribution in [0.25, 0.3) is 0 Å². The highest BCUT2D eigenvalue weighted by atomic mass is 16.5. The molecule has 2 rings (SSSR count). The maximum Gasteiger partial charge on any atom is 0.255 e. The number of aromatic nitrogens is 2. The van der Waals surface area contributed by atoms with Gasteiger partial charge in [0.2, 0.25) is 0 Å². The maximum absolute atomic E-state index is 12.0. The molecule has 0 aromatic carbocycles. The van der Waals surface area contributed by atoms with Gasteiger partial charge in [0.1, 0.15) is 11.9 Å². The first kappa shape index (κ1) is 13.2. The van der Waals surface area contributed by atoms with Gasteiger partial charge in [0.05, 0.1) is 11.3 Å². The van der Waals surface area contributed by atoms with Crippen LogP contribution in [0.2, 0.25) is 0 Å². The molecule has 5 heteroatoms. The molecular formula is C13H21N3O2. The summed E-state index contributed by atoms with van der Waals surface area (Å²) in [6.07, 6.45) is 0.673. The molecule has 1 atom stereocenters. The van der Waals surface area contributed by atoms with Gasteiger partial charge in [0, 0.05) is 26.1 Å². The van der Waals surface area contributed by atoms with E-state index in [9.17, 15) is 4.79 Å². The second-order valence-electron chi connectivity index (χ2n) is 4.92. The van der Waals surface area contributed by atoms with Crippen molar-refractivity contribution in [2.24, 2.45) is 5.92 Å². The lowest BCUT2D eigenvalue weighted by atomic mass is 10.0. The summed E-state index contributed by atoms with van der Waals surface area (Å²) < 4.78 is 5.69. The predicted molar refractivity (Wildman–Crippen MR) is 69.5 cm³/mol. The SMILES string of the molecule is CCOC(c1nc2c(c(=O)[nH]1)CNCC2)C(C)C. The third-order valence-corrected chi connectivity index (χ3v) is 3.18. The Kier molecular flexibility index (Phi) is 4.14. The van der Waals surface area contributed by atoms with Crippen molar-refractivity contribution in [2.75, 3.05) is 13.2 Å². The van der Waals surface area contributed by atoms with Gasteiger partial charge in [0.25, 0.3) is 5.56 Å². The van der Waals surface area contributed by atoms with Crippen LogP contribution in [0.1, 0.15) is 44.0 Å². The molecule has 1 unspecified atom stereocenters. The van der Waals surface area contributed by atoms with Crippen LogP contribution in [-0.2, 0) is 17.7 Å². The van der Waals surface area contributed by atoms with Gasteiger partial charge in [-0.15, -0.1) is 0 Å². The molecule has 0 fully saturated rings. The standard InChI is InChI=1S/C13H21N3O2/c1-4-18-11(8(2)3)12-15-10-5-6-14-7-9(10)13(17)16-12/h8,11,14H,4-7H2,1-3H3,(H,15,16,17). The summed E-state index contributed by atoms with van der Waals surface area (Å²) in [5.41, 5.74) is 1.65. The molecular weight excluding hydrogens is 230 g/mol. The molecule has 1 aromatic rings. The van der Waals surface area contributed by atoms with Crippen LogP contribution in [0.4, 0.5) is 0 Å². The van der Waals surface area contributed by atoms with Crippen molar-refractivity contribution in [1.82, 2.24) is 15.3 Å². The first-order chi connectivity index (χ1) is 8.63. The zero-order valence-corrected chi connectivity index (χ0v) is 11.2. The van der Waals surface area contributed by atoms with Crippen molar-refractivity contribution in [1.29, 1.82) is 0 Å². The van der Waals surface area contributed by atoms with E-state index in [1.807, 2.05) is 6.92 Å². The summed E-state index contributed by atoms with van der Waals surface area (Å²) in [6, 6.07) is 0. The second-order valence-corrected chi connectivity index (χ2v) is 4.92. The molecule has 0 radical (unpaired) electrons. The van der Waals surface area contributed by atoms with Gasteiger partial charge in [-0.05, 0) is 12.8 Å². The van der Waals surface area contributed by atoms with Gasteiger partial charge in [-0.3, -0.25) is 4.79 Å². The van der Waals surface area contributed by atoms with Crippen molar-refractivity contribution < 1.29 is 4.74 Å². The quantitative estimate of drug-likeness (QED) is 0.842. The Morgan fingerprint density at radius 1 is 1.44 bits per heavy atom. The van der Waals surface area contributed by atoms with Crippen LogP contribution >= 0.6 is 0 Å². The number of nitrogens with one attached hydrogen (secondary N) is 2. The average Bonchev–Trinajstić information content (AvgIpc) is 2.35. The van der Waals surface area contributed by atoms with E-state index in [2.05, 4.69) is 29.1 Å². The van der Waals surface area contributed by atoms with Crippen LogP contribution in [0.3, 0.4) is 0 Å². The molecule has 2 heterocycles. The van der Waals surface area contributed by atoms with Crippen molar-refractivity contribution >= 4 is 0 Å². The summed E-state index contributed by atoms with van der Waals surface area (Å²) in [6.45, 7) is 8.20. The molecule has 18 heavy (non-hydrogen) atoms. The smallest absolute Gasteiger partial charge is 0.255 e. The lowest BCUT2D eigenvalue weighted by Crippen LogP contribution is -2.33. The summed E-state index contributed by atoms with van der Waals surface area (Å²) in [5.74, 6) is 0.949. The Labute approximate surface area is 107 Å². The number of aromatic amines is 1. The van der Waals surface area contributed by atoms with Crippen molar-refractivity contribution in [2.45, 2.75) is 39.8 Å². The van der Waals surface area contributed by atoms with E-state index < -0.39 is 0 Å². The summed E-state index contributed by atoms with van der Waals surface area (Å²) in [5, 5.41) is 3.19. The number of hydrogen-bond donors (Lipinski definition) is 2. The van der Waals surface area contributed by atoms with Gasteiger partial charge in [0.15, 0.2) is 0 Å². The van der Waals surface area contributed by atoms with Crippen LogP contribution in [-0.4, -0.2) is 23.1 Å². The van der Waals surface area contributed by atoms with Crippen LogP contribution in [0.15, 0.2) is 4.79 Å². The third kappa shape index (κ3) is 2.62. The number of H-pyrrole nitrogens is 1. The van der Waals surface area contributed by atoms with E-state index in [0.717, 1.165) is 24.2 Å². The number of nitrogens with zero attached hydrogens (tertiary/aromatic N) is 1. The largest absolute Gasteiger partial charge is 0.370 e. The van der Waals surface area contributed by atoms with E-state index >= 15 is 0 Å². The summed E-state index contributed by atoms with van der Waals surface area (Å²) >= 11 is 0. The highest BCUT2D eigenvalue weighted by molar-refractivity contribution is 5.21. The Morgan fingerprint density at radius 3 is 2.89 bits per heavy atom. The molecule has 5 nitrogen and oxygen atoms in total. The zero-order chi connectivity index (χ0) is 13.1. The number of ether oxygens (including phenoxy) is 1. The molecule has 1 aromatic heterocycles. The lowest BCUT2D eigenvalue weighted by Gasteiger charge is -2.22. The molecule has 1 aliphatic rings. The molecule has 0 bridgehead atoms. The van der Waals surface area contributed by atoms with E-state index in [1.54, 1.807) is 0 Å². The van der Waals surface area contributed by atoms with Crippen LogP contribution < -0.4 is 10.9 Å². The normalized spacial score (nSPS) is 16.7. The molecule has 0 saturated heterocycles. The molecule has 2 N–H and O–H groups in total. The van der Waals surface area contributed by atoms with E-state index in [-0.39, 0.29) is 17.6 Å². The van der Waals surface area contributed by atoms with Crippen molar-refractivity contribution in [3.63, 3.8) is 0 Å². The van der Waals surface area contributed by atoms with Crippen molar-refractivity contribution in [3.05, 3.63) is 27.4 Å². The van der Waals surface area contributed by atoms with Crippen LogP contribution in [0.5, 0.6) is 0 Å².